The fourth-order valence-electron chi connectivity index (χ4n) is 2.63. The molecule has 0 unspecified atom stereocenters. The van der Waals surface area contributed by atoms with E-state index in [4.69, 9.17) is 5.11 Å². The summed E-state index contributed by atoms with van der Waals surface area (Å²) >= 11 is 1.11. The average Bonchev–Trinajstić information content (AvgIpc) is 2.77. The molecular formula is C14H20N2O4S. The van der Waals surface area contributed by atoms with Crippen molar-refractivity contribution in [3.8, 4) is 0 Å². The number of carbonyl (C=O) groups excluding carboxylic acids is 1. The van der Waals surface area contributed by atoms with E-state index in [0.717, 1.165) is 29.9 Å². The lowest BCUT2D eigenvalue weighted by atomic mass is 9.92. The summed E-state index contributed by atoms with van der Waals surface area (Å²) in [4.78, 5) is 36.1. The first-order chi connectivity index (χ1) is 9.97. The Morgan fingerprint density at radius 3 is 2.57 bits per heavy atom. The second kappa shape index (κ2) is 6.89. The first-order valence-electron chi connectivity index (χ1n) is 7.12. The van der Waals surface area contributed by atoms with Gasteiger partial charge in [-0.2, -0.15) is 0 Å². The van der Waals surface area contributed by atoms with Crippen LogP contribution in [0.1, 0.15) is 31.4 Å². The molecule has 116 valence electrons. The van der Waals surface area contributed by atoms with Gasteiger partial charge in [0.15, 0.2) is 0 Å². The first-order valence-corrected chi connectivity index (χ1v) is 8.00. The van der Waals surface area contributed by atoms with Gasteiger partial charge in [-0.25, -0.2) is 0 Å². The van der Waals surface area contributed by atoms with E-state index in [1.54, 1.807) is 10.3 Å². The molecular weight excluding hydrogens is 292 g/mol. The van der Waals surface area contributed by atoms with Crippen LogP contribution < -0.4 is 4.87 Å². The lowest BCUT2D eigenvalue weighted by molar-refractivity contribution is -0.138. The summed E-state index contributed by atoms with van der Waals surface area (Å²) in [5.74, 6) is -0.410. The van der Waals surface area contributed by atoms with Crippen LogP contribution in [0.15, 0.2) is 10.2 Å². The molecule has 2 heterocycles. The molecule has 0 aliphatic carbocycles. The minimum absolute atomic E-state index is 0.0321. The molecule has 2 rings (SSSR count). The van der Waals surface area contributed by atoms with Gasteiger partial charge in [0.05, 0.1) is 0 Å². The van der Waals surface area contributed by atoms with Gasteiger partial charge in [-0.05, 0) is 32.1 Å². The van der Waals surface area contributed by atoms with Crippen LogP contribution in [0.25, 0.3) is 0 Å². The molecule has 1 aromatic rings. The molecule has 1 saturated heterocycles. The van der Waals surface area contributed by atoms with Crippen molar-refractivity contribution >= 4 is 23.2 Å². The third-order valence-electron chi connectivity index (χ3n) is 4.00. The maximum Gasteiger partial charge on any atom is 0.307 e. The number of thiazole rings is 1. The number of aryl methyl sites for hydroxylation is 1. The Hall–Kier alpha value is -1.63. The number of nitrogens with zero attached hydrogens (tertiary/aromatic N) is 2. The zero-order valence-electron chi connectivity index (χ0n) is 12.1. The maximum atomic E-state index is 12.2. The number of rotatable bonds is 5. The molecule has 0 radical (unpaired) electrons. The second-order valence-corrected chi connectivity index (χ2v) is 6.31. The molecule has 1 amide bonds. The number of hydrogen-bond donors (Lipinski definition) is 1. The summed E-state index contributed by atoms with van der Waals surface area (Å²) in [7, 11) is 0. The molecule has 1 aliphatic rings. The summed E-state index contributed by atoms with van der Waals surface area (Å²) in [6.45, 7) is 3.24. The highest BCUT2D eigenvalue weighted by molar-refractivity contribution is 7.07. The lowest BCUT2D eigenvalue weighted by Gasteiger charge is -2.32. The molecule has 1 aromatic heterocycles. The summed E-state index contributed by atoms with van der Waals surface area (Å²) in [6, 6.07) is 0. The number of amides is 1. The van der Waals surface area contributed by atoms with Crippen molar-refractivity contribution < 1.29 is 14.7 Å². The number of hydrogen-bond acceptors (Lipinski definition) is 4. The van der Waals surface area contributed by atoms with E-state index in [0.29, 0.717) is 25.4 Å². The zero-order valence-corrected chi connectivity index (χ0v) is 12.9. The number of carboxylic acids is 1. The largest absolute Gasteiger partial charge is 0.481 e. The van der Waals surface area contributed by atoms with Gasteiger partial charge >= 0.3 is 10.8 Å². The minimum Gasteiger partial charge on any atom is -0.481 e. The quantitative estimate of drug-likeness (QED) is 0.889. The van der Waals surface area contributed by atoms with Crippen LogP contribution in [0.3, 0.4) is 0 Å². The molecule has 7 heteroatoms. The molecule has 0 bridgehead atoms. The van der Waals surface area contributed by atoms with E-state index in [-0.39, 0.29) is 23.7 Å². The van der Waals surface area contributed by atoms with Gasteiger partial charge in [0.2, 0.25) is 5.91 Å². The standard InChI is InChI=1S/C14H20N2O4S/c1-10-9-21-14(20)16(10)8-12(17)15-6-4-11(5-7-15)2-3-13(18)19/h9,11H,2-8H2,1H3,(H,18,19). The number of carbonyl (C=O) groups is 2. The van der Waals surface area contributed by atoms with Crippen molar-refractivity contribution in [1.82, 2.24) is 9.47 Å². The fraction of sp³-hybridized carbons (Fsp3) is 0.643. The molecule has 0 atom stereocenters. The predicted molar refractivity (Wildman–Crippen MR) is 79.5 cm³/mol. The highest BCUT2D eigenvalue weighted by atomic mass is 32.1. The number of aliphatic carboxylic acids is 1. The Morgan fingerprint density at radius 2 is 2.05 bits per heavy atom. The van der Waals surface area contributed by atoms with Crippen molar-refractivity contribution in [3.63, 3.8) is 0 Å². The molecule has 1 aliphatic heterocycles. The number of likely N-dealkylation sites (tertiary alicyclic amines) is 1. The van der Waals surface area contributed by atoms with Gasteiger partial charge in [0.1, 0.15) is 6.54 Å². The Morgan fingerprint density at radius 1 is 1.38 bits per heavy atom. The summed E-state index contributed by atoms with van der Waals surface area (Å²) in [6.07, 6.45) is 2.57. The number of carboxylic acid groups (broad SMARTS) is 1. The third-order valence-corrected chi connectivity index (χ3v) is 4.88. The van der Waals surface area contributed by atoms with Crippen molar-refractivity contribution in [2.45, 2.75) is 39.2 Å². The van der Waals surface area contributed by atoms with Crippen LogP contribution >= 0.6 is 11.3 Å². The van der Waals surface area contributed by atoms with Crippen LogP contribution in [0.5, 0.6) is 0 Å². The highest BCUT2D eigenvalue weighted by Gasteiger charge is 2.23. The summed E-state index contributed by atoms with van der Waals surface area (Å²) < 4.78 is 1.50. The first kappa shape index (κ1) is 15.8. The Bertz CT molecular complexity index is 570. The molecule has 1 N–H and O–H groups in total. The highest BCUT2D eigenvalue weighted by Crippen LogP contribution is 2.22. The SMILES string of the molecule is Cc1csc(=O)n1CC(=O)N1CCC(CCC(=O)O)CC1. The summed E-state index contributed by atoms with van der Waals surface area (Å²) in [5.41, 5.74) is 0.815. The van der Waals surface area contributed by atoms with Gasteiger partial charge in [-0.1, -0.05) is 11.3 Å². The molecule has 0 spiro atoms. The lowest BCUT2D eigenvalue weighted by Crippen LogP contribution is -2.41. The van der Waals surface area contributed by atoms with Crippen molar-refractivity contribution in [3.05, 3.63) is 20.7 Å². The smallest absolute Gasteiger partial charge is 0.307 e. The van der Waals surface area contributed by atoms with Gasteiger partial charge < -0.3 is 10.0 Å². The topological polar surface area (TPSA) is 79.6 Å². The average molecular weight is 312 g/mol. The van der Waals surface area contributed by atoms with Crippen molar-refractivity contribution in [1.29, 1.82) is 0 Å². The molecule has 1 fully saturated rings. The van der Waals surface area contributed by atoms with Gasteiger partial charge in [-0.3, -0.25) is 19.0 Å². The van der Waals surface area contributed by atoms with E-state index in [1.165, 1.54) is 4.57 Å². The third kappa shape index (κ3) is 4.17. The monoisotopic (exact) mass is 312 g/mol. The van der Waals surface area contributed by atoms with E-state index in [9.17, 15) is 14.4 Å². The molecule has 0 saturated carbocycles. The maximum absolute atomic E-state index is 12.2. The molecule has 21 heavy (non-hydrogen) atoms. The minimum atomic E-state index is -0.763. The van der Waals surface area contributed by atoms with E-state index in [1.807, 2.05) is 6.92 Å². The van der Waals surface area contributed by atoms with Crippen LogP contribution in [0.2, 0.25) is 0 Å². The Kier molecular flexibility index (Phi) is 5.17. The van der Waals surface area contributed by atoms with Gasteiger partial charge in [0.25, 0.3) is 0 Å². The van der Waals surface area contributed by atoms with Gasteiger partial charge in [-0.15, -0.1) is 0 Å². The van der Waals surface area contributed by atoms with E-state index in [2.05, 4.69) is 0 Å². The van der Waals surface area contributed by atoms with Crippen LogP contribution in [0.4, 0.5) is 0 Å². The Balaban J connectivity index is 1.83. The van der Waals surface area contributed by atoms with E-state index < -0.39 is 5.97 Å². The van der Waals surface area contributed by atoms with Gasteiger partial charge in [0, 0.05) is 30.6 Å². The molecule has 0 aromatic carbocycles. The zero-order chi connectivity index (χ0) is 15.4. The van der Waals surface area contributed by atoms with Crippen LogP contribution in [-0.4, -0.2) is 39.5 Å². The molecule has 6 nitrogen and oxygen atoms in total. The van der Waals surface area contributed by atoms with Crippen molar-refractivity contribution in [2.24, 2.45) is 5.92 Å². The van der Waals surface area contributed by atoms with Crippen LogP contribution in [-0.2, 0) is 16.1 Å². The van der Waals surface area contributed by atoms with Crippen molar-refractivity contribution in [2.75, 3.05) is 13.1 Å². The second-order valence-electron chi connectivity index (χ2n) is 5.49. The normalized spacial score (nSPS) is 16.1. The summed E-state index contributed by atoms with van der Waals surface area (Å²) in [5, 5.41) is 10.4. The number of piperidine rings is 1. The number of aromatic nitrogens is 1. The van der Waals surface area contributed by atoms with E-state index >= 15 is 0 Å². The fourth-order valence-corrected chi connectivity index (χ4v) is 3.36. The van der Waals surface area contributed by atoms with Crippen LogP contribution in [0, 0.1) is 12.8 Å². The Labute approximate surface area is 127 Å². The predicted octanol–water partition coefficient (Wildman–Crippen LogP) is 1.32.